The largest absolute Gasteiger partial charge is 0.491 e. The van der Waals surface area contributed by atoms with Crippen LogP contribution in [-0.4, -0.2) is 58.6 Å². The standard InChI is InChI=1S/C20H30F3N3O3/c1-2-24-19(25-9-5-11-27-14-16-8-12-28-15-16)26-10-13-29-18-7-4-3-6-17(18)20(21,22)23/h3-4,6-7,16H,2,5,8-15H2,1H3,(H2,24,25,26). The molecule has 6 nitrogen and oxygen atoms in total. The number of ether oxygens (including phenoxy) is 3. The molecule has 1 aromatic carbocycles. The van der Waals surface area contributed by atoms with Gasteiger partial charge in [0.25, 0.3) is 0 Å². The van der Waals surface area contributed by atoms with Crippen LogP contribution in [-0.2, 0) is 15.7 Å². The monoisotopic (exact) mass is 417 g/mol. The zero-order valence-electron chi connectivity index (χ0n) is 16.8. The van der Waals surface area contributed by atoms with Gasteiger partial charge in [0.15, 0.2) is 5.96 Å². The maximum Gasteiger partial charge on any atom is 0.419 e. The smallest absolute Gasteiger partial charge is 0.419 e. The zero-order chi connectivity index (χ0) is 21.0. The van der Waals surface area contributed by atoms with Gasteiger partial charge in [-0.25, -0.2) is 0 Å². The number of alkyl halides is 3. The Morgan fingerprint density at radius 3 is 2.79 bits per heavy atom. The number of hydrogen-bond donors (Lipinski definition) is 2. The van der Waals surface area contributed by atoms with Crippen molar-refractivity contribution in [3.63, 3.8) is 0 Å². The minimum absolute atomic E-state index is 0.0874. The Labute approximate surface area is 169 Å². The molecule has 9 heteroatoms. The van der Waals surface area contributed by atoms with Crippen LogP contribution in [0.2, 0.25) is 0 Å². The molecule has 2 N–H and O–H groups in total. The van der Waals surface area contributed by atoms with Crippen molar-refractivity contribution in [2.45, 2.75) is 25.9 Å². The first kappa shape index (κ1) is 23.3. The summed E-state index contributed by atoms with van der Waals surface area (Å²) in [6, 6.07) is 5.19. The molecular weight excluding hydrogens is 387 g/mol. The first-order valence-electron chi connectivity index (χ1n) is 9.97. The van der Waals surface area contributed by atoms with E-state index in [2.05, 4.69) is 15.6 Å². The van der Waals surface area contributed by atoms with E-state index in [1.165, 1.54) is 18.2 Å². The summed E-state index contributed by atoms with van der Waals surface area (Å²) in [5.74, 6) is 0.929. The number of nitrogens with zero attached hydrogens (tertiary/aromatic N) is 1. The number of halogens is 3. The van der Waals surface area contributed by atoms with Crippen LogP contribution in [0.1, 0.15) is 25.3 Å². The SMILES string of the molecule is CCNC(=NCCCOCC1CCOC1)NCCOc1ccccc1C(F)(F)F. The number of guanidine groups is 1. The van der Waals surface area contributed by atoms with Crippen molar-refractivity contribution in [1.82, 2.24) is 10.6 Å². The summed E-state index contributed by atoms with van der Waals surface area (Å²) in [6.45, 7) is 6.59. The number of para-hydroxylation sites is 1. The molecule has 0 saturated carbocycles. The molecule has 29 heavy (non-hydrogen) atoms. The molecule has 1 atom stereocenters. The van der Waals surface area contributed by atoms with E-state index < -0.39 is 11.7 Å². The van der Waals surface area contributed by atoms with Gasteiger partial charge in [-0.2, -0.15) is 13.2 Å². The molecule has 1 aliphatic heterocycles. The van der Waals surface area contributed by atoms with Crippen molar-refractivity contribution in [1.29, 1.82) is 0 Å². The third-order valence-electron chi connectivity index (χ3n) is 4.28. The van der Waals surface area contributed by atoms with E-state index in [0.717, 1.165) is 38.7 Å². The summed E-state index contributed by atoms with van der Waals surface area (Å²) < 4.78 is 55.1. The molecule has 0 radical (unpaired) electrons. The van der Waals surface area contributed by atoms with Gasteiger partial charge >= 0.3 is 6.18 Å². The molecule has 1 aliphatic rings. The summed E-state index contributed by atoms with van der Waals surface area (Å²) in [7, 11) is 0. The Kier molecular flexibility index (Phi) is 10.1. The average Bonchev–Trinajstić information content (AvgIpc) is 3.20. The highest BCUT2D eigenvalue weighted by Crippen LogP contribution is 2.35. The van der Waals surface area contributed by atoms with Gasteiger partial charge in [-0.05, 0) is 31.9 Å². The van der Waals surface area contributed by atoms with Crippen molar-refractivity contribution < 1.29 is 27.4 Å². The molecule has 1 unspecified atom stereocenters. The van der Waals surface area contributed by atoms with E-state index in [1.54, 1.807) is 0 Å². The molecule has 0 aromatic heterocycles. The fourth-order valence-corrected chi connectivity index (χ4v) is 2.82. The van der Waals surface area contributed by atoms with Crippen LogP contribution < -0.4 is 15.4 Å². The van der Waals surface area contributed by atoms with E-state index in [9.17, 15) is 13.2 Å². The van der Waals surface area contributed by atoms with E-state index in [4.69, 9.17) is 14.2 Å². The van der Waals surface area contributed by atoms with Crippen LogP contribution in [0.25, 0.3) is 0 Å². The van der Waals surface area contributed by atoms with Gasteiger partial charge in [0.2, 0.25) is 0 Å². The van der Waals surface area contributed by atoms with Crippen molar-refractivity contribution in [3.8, 4) is 5.75 Å². The minimum Gasteiger partial charge on any atom is -0.491 e. The number of hydrogen-bond acceptors (Lipinski definition) is 4. The van der Waals surface area contributed by atoms with Gasteiger partial charge in [-0.15, -0.1) is 0 Å². The van der Waals surface area contributed by atoms with Gasteiger partial charge in [0, 0.05) is 32.2 Å². The number of aliphatic imine (C=N–C) groups is 1. The maximum atomic E-state index is 13.0. The van der Waals surface area contributed by atoms with Crippen LogP contribution >= 0.6 is 0 Å². The lowest BCUT2D eigenvalue weighted by molar-refractivity contribution is -0.138. The summed E-state index contributed by atoms with van der Waals surface area (Å²) in [5, 5.41) is 6.16. The quantitative estimate of drug-likeness (QED) is 0.329. The first-order chi connectivity index (χ1) is 14.0. The van der Waals surface area contributed by atoms with Gasteiger partial charge < -0.3 is 24.8 Å². The summed E-state index contributed by atoms with van der Waals surface area (Å²) in [4.78, 5) is 4.44. The van der Waals surface area contributed by atoms with E-state index >= 15 is 0 Å². The van der Waals surface area contributed by atoms with Gasteiger partial charge in [0.1, 0.15) is 12.4 Å². The molecule has 1 saturated heterocycles. The Balaban J connectivity index is 1.66. The first-order valence-corrected chi connectivity index (χ1v) is 9.97. The van der Waals surface area contributed by atoms with E-state index in [0.29, 0.717) is 38.1 Å². The number of benzene rings is 1. The molecule has 0 bridgehead atoms. The second-order valence-electron chi connectivity index (χ2n) is 6.69. The Morgan fingerprint density at radius 1 is 1.24 bits per heavy atom. The third kappa shape index (κ3) is 8.91. The van der Waals surface area contributed by atoms with Gasteiger partial charge in [-0.1, -0.05) is 12.1 Å². The van der Waals surface area contributed by atoms with Crippen molar-refractivity contribution >= 4 is 5.96 Å². The Hall–Kier alpha value is -2.00. The fourth-order valence-electron chi connectivity index (χ4n) is 2.82. The third-order valence-corrected chi connectivity index (χ3v) is 4.28. The molecule has 2 rings (SSSR count). The molecule has 1 heterocycles. The predicted octanol–water partition coefficient (Wildman–Crippen LogP) is 3.08. The average molecular weight is 417 g/mol. The Bertz CT molecular complexity index is 620. The second-order valence-corrected chi connectivity index (χ2v) is 6.69. The van der Waals surface area contributed by atoms with Crippen LogP contribution in [0.15, 0.2) is 29.3 Å². The zero-order valence-corrected chi connectivity index (χ0v) is 16.8. The van der Waals surface area contributed by atoms with Crippen LogP contribution in [0.4, 0.5) is 13.2 Å². The summed E-state index contributed by atoms with van der Waals surface area (Å²) in [5.41, 5.74) is -0.773. The second kappa shape index (κ2) is 12.5. The summed E-state index contributed by atoms with van der Waals surface area (Å²) in [6.07, 6.45) is -2.59. The highest BCUT2D eigenvalue weighted by molar-refractivity contribution is 5.79. The highest BCUT2D eigenvalue weighted by Gasteiger charge is 2.33. The van der Waals surface area contributed by atoms with Crippen LogP contribution in [0.5, 0.6) is 5.75 Å². The van der Waals surface area contributed by atoms with Crippen LogP contribution in [0.3, 0.4) is 0 Å². The minimum atomic E-state index is -4.44. The number of nitrogens with one attached hydrogen (secondary N) is 2. The molecule has 0 aliphatic carbocycles. The van der Waals surface area contributed by atoms with E-state index in [-0.39, 0.29) is 12.4 Å². The maximum absolute atomic E-state index is 13.0. The molecule has 1 aromatic rings. The molecule has 164 valence electrons. The topological polar surface area (TPSA) is 64.1 Å². The lowest BCUT2D eigenvalue weighted by atomic mass is 10.1. The van der Waals surface area contributed by atoms with Crippen molar-refractivity contribution in [2.75, 3.05) is 52.7 Å². The van der Waals surface area contributed by atoms with Gasteiger partial charge in [-0.3, -0.25) is 4.99 Å². The lowest BCUT2D eigenvalue weighted by Crippen LogP contribution is -2.39. The summed E-state index contributed by atoms with van der Waals surface area (Å²) >= 11 is 0. The lowest BCUT2D eigenvalue weighted by Gasteiger charge is -2.15. The van der Waals surface area contributed by atoms with Crippen molar-refractivity contribution in [3.05, 3.63) is 29.8 Å². The van der Waals surface area contributed by atoms with Gasteiger partial charge in [0.05, 0.1) is 25.3 Å². The predicted molar refractivity (Wildman–Crippen MR) is 105 cm³/mol. The molecular formula is C20H30F3N3O3. The van der Waals surface area contributed by atoms with Crippen molar-refractivity contribution in [2.24, 2.45) is 10.9 Å². The fraction of sp³-hybridized carbons (Fsp3) is 0.650. The van der Waals surface area contributed by atoms with E-state index in [1.807, 2.05) is 6.92 Å². The molecule has 0 amide bonds. The Morgan fingerprint density at radius 2 is 2.07 bits per heavy atom. The highest BCUT2D eigenvalue weighted by atomic mass is 19.4. The number of rotatable bonds is 11. The van der Waals surface area contributed by atoms with Crippen LogP contribution in [0, 0.1) is 5.92 Å². The normalized spacial score (nSPS) is 17.4. The molecule has 1 fully saturated rings. The molecule has 0 spiro atoms.